The summed E-state index contributed by atoms with van der Waals surface area (Å²) in [5.74, 6) is -0.202. The number of hydrogen-bond donors (Lipinski definition) is 3. The second-order valence-electron chi connectivity index (χ2n) is 7.29. The number of likely N-dealkylation sites (tertiary alicyclic amines) is 1. The van der Waals surface area contributed by atoms with Crippen molar-refractivity contribution >= 4 is 5.91 Å². The molecule has 0 bridgehead atoms. The molecule has 0 spiro atoms. The van der Waals surface area contributed by atoms with Gasteiger partial charge in [0.05, 0.1) is 6.17 Å². The zero-order valence-corrected chi connectivity index (χ0v) is 15.2. The number of nitrogens with one attached hydrogen (secondary N) is 3. The molecule has 2 aromatic rings. The summed E-state index contributed by atoms with van der Waals surface area (Å²) in [4.78, 5) is 14.7. The van der Waals surface area contributed by atoms with Gasteiger partial charge in [-0.25, -0.2) is 15.2 Å². The molecule has 2 unspecified atom stereocenters. The first-order valence-electron chi connectivity index (χ1n) is 9.55. The van der Waals surface area contributed by atoms with E-state index in [-0.39, 0.29) is 30.0 Å². The molecule has 2 aromatic carbocycles. The van der Waals surface area contributed by atoms with E-state index in [0.717, 1.165) is 37.9 Å². The first kappa shape index (κ1) is 18.1. The third-order valence-electron chi connectivity index (χ3n) is 5.50. The fourth-order valence-corrected chi connectivity index (χ4v) is 3.91. The molecule has 2 atom stereocenters. The molecule has 2 heterocycles. The maximum absolute atomic E-state index is 13.1. The molecule has 4 rings (SSSR count). The van der Waals surface area contributed by atoms with Gasteiger partial charge in [0.2, 0.25) is 0 Å². The van der Waals surface area contributed by atoms with Gasteiger partial charge in [-0.3, -0.25) is 9.69 Å². The van der Waals surface area contributed by atoms with Crippen molar-refractivity contribution in [1.82, 2.24) is 21.1 Å². The number of halogens is 1. The van der Waals surface area contributed by atoms with Crippen LogP contribution in [0.2, 0.25) is 0 Å². The number of hydrogen-bond acceptors (Lipinski definition) is 4. The molecular formula is C21H25FN4O. The van der Waals surface area contributed by atoms with E-state index in [4.69, 9.17) is 0 Å². The van der Waals surface area contributed by atoms with Crippen LogP contribution >= 0.6 is 0 Å². The Morgan fingerprint density at radius 2 is 1.70 bits per heavy atom. The summed E-state index contributed by atoms with van der Waals surface area (Å²) in [6, 6.07) is 16.4. The van der Waals surface area contributed by atoms with E-state index in [1.54, 1.807) is 0 Å². The number of piperidine rings is 1. The second kappa shape index (κ2) is 8.17. The van der Waals surface area contributed by atoms with Gasteiger partial charge in [0.25, 0.3) is 5.91 Å². The van der Waals surface area contributed by atoms with E-state index in [2.05, 4.69) is 21.1 Å². The highest BCUT2D eigenvalue weighted by atomic mass is 19.1. The van der Waals surface area contributed by atoms with Crippen LogP contribution in [-0.4, -0.2) is 36.1 Å². The Morgan fingerprint density at radius 3 is 2.41 bits per heavy atom. The van der Waals surface area contributed by atoms with Gasteiger partial charge in [0, 0.05) is 30.7 Å². The number of carbonyl (C=O) groups excluding carboxylic acids is 1. The largest absolute Gasteiger partial charge is 0.349 e. The van der Waals surface area contributed by atoms with Crippen LogP contribution in [0.25, 0.3) is 0 Å². The second-order valence-corrected chi connectivity index (χ2v) is 7.29. The highest BCUT2D eigenvalue weighted by Gasteiger charge is 2.32. The Bertz CT molecular complexity index is 760. The van der Waals surface area contributed by atoms with E-state index in [9.17, 15) is 9.18 Å². The van der Waals surface area contributed by atoms with Crippen LogP contribution in [0.15, 0.2) is 54.6 Å². The predicted octanol–water partition coefficient (Wildman–Crippen LogP) is 2.59. The molecular weight excluding hydrogens is 343 g/mol. The molecule has 0 aromatic heterocycles. The molecule has 2 fully saturated rings. The molecule has 0 radical (unpaired) electrons. The van der Waals surface area contributed by atoms with Crippen molar-refractivity contribution in [2.75, 3.05) is 13.1 Å². The Balaban J connectivity index is 1.26. The minimum atomic E-state index is -0.208. The molecule has 5 nitrogen and oxygen atoms in total. The first-order valence-corrected chi connectivity index (χ1v) is 9.55. The van der Waals surface area contributed by atoms with Crippen LogP contribution in [0.3, 0.4) is 0 Å². The summed E-state index contributed by atoms with van der Waals surface area (Å²) in [6.07, 6.45) is 3.08. The van der Waals surface area contributed by atoms with Crippen LogP contribution in [0.5, 0.6) is 0 Å². The first-order chi connectivity index (χ1) is 13.2. The molecule has 0 saturated carbocycles. The number of rotatable bonds is 4. The van der Waals surface area contributed by atoms with Crippen molar-refractivity contribution in [3.05, 3.63) is 71.5 Å². The molecule has 2 aliphatic rings. The van der Waals surface area contributed by atoms with Crippen molar-refractivity contribution in [1.29, 1.82) is 0 Å². The van der Waals surface area contributed by atoms with Crippen molar-refractivity contribution in [2.45, 2.75) is 37.5 Å². The molecule has 6 heteroatoms. The highest BCUT2D eigenvalue weighted by Crippen LogP contribution is 2.25. The summed E-state index contributed by atoms with van der Waals surface area (Å²) in [7, 11) is 0. The minimum absolute atomic E-state index is 0.00563. The number of amides is 1. The third kappa shape index (κ3) is 4.35. The Kier molecular flexibility index (Phi) is 5.48. The average Bonchev–Trinajstić information content (AvgIpc) is 3.20. The van der Waals surface area contributed by atoms with E-state index in [1.165, 1.54) is 12.1 Å². The van der Waals surface area contributed by atoms with Gasteiger partial charge in [-0.05, 0) is 49.1 Å². The minimum Gasteiger partial charge on any atom is -0.349 e. The smallest absolute Gasteiger partial charge is 0.251 e. The lowest BCUT2D eigenvalue weighted by Crippen LogP contribution is -2.51. The third-order valence-corrected chi connectivity index (χ3v) is 5.50. The molecule has 1 amide bonds. The molecule has 2 saturated heterocycles. The standard InChI is InChI=1S/C21H25FN4O/c22-17-8-6-15(7-9-17)19-14-20(25-24-19)26-12-10-18(11-13-26)23-21(27)16-4-2-1-3-5-16/h1-9,18-20,24-25H,10-14H2,(H,23,27). The number of carbonyl (C=O) groups is 1. The van der Waals surface area contributed by atoms with Crippen LogP contribution in [0, 0.1) is 5.82 Å². The van der Waals surface area contributed by atoms with Crippen LogP contribution in [0.1, 0.15) is 41.2 Å². The molecule has 0 aliphatic carbocycles. The predicted molar refractivity (Wildman–Crippen MR) is 102 cm³/mol. The topological polar surface area (TPSA) is 56.4 Å². The zero-order chi connectivity index (χ0) is 18.6. The van der Waals surface area contributed by atoms with Gasteiger partial charge in [-0.1, -0.05) is 30.3 Å². The zero-order valence-electron chi connectivity index (χ0n) is 15.2. The quantitative estimate of drug-likeness (QED) is 0.777. The van der Waals surface area contributed by atoms with Crippen LogP contribution in [0.4, 0.5) is 4.39 Å². The maximum atomic E-state index is 13.1. The van der Waals surface area contributed by atoms with E-state index < -0.39 is 0 Å². The fourth-order valence-electron chi connectivity index (χ4n) is 3.91. The van der Waals surface area contributed by atoms with Crippen LogP contribution < -0.4 is 16.2 Å². The number of benzene rings is 2. The fraction of sp³-hybridized carbons (Fsp3) is 0.381. The van der Waals surface area contributed by atoms with Crippen molar-refractivity contribution in [2.24, 2.45) is 0 Å². The monoisotopic (exact) mass is 368 g/mol. The Hall–Kier alpha value is -2.28. The summed E-state index contributed by atoms with van der Waals surface area (Å²) in [5.41, 5.74) is 8.49. The van der Waals surface area contributed by atoms with Gasteiger partial charge in [-0.15, -0.1) is 0 Å². The summed E-state index contributed by atoms with van der Waals surface area (Å²) in [6.45, 7) is 1.88. The average molecular weight is 368 g/mol. The molecule has 2 aliphatic heterocycles. The molecule has 142 valence electrons. The Labute approximate surface area is 158 Å². The van der Waals surface area contributed by atoms with Gasteiger partial charge in [-0.2, -0.15) is 0 Å². The number of nitrogens with zero attached hydrogens (tertiary/aromatic N) is 1. The summed E-state index contributed by atoms with van der Waals surface area (Å²) < 4.78 is 13.1. The van der Waals surface area contributed by atoms with Gasteiger partial charge < -0.3 is 5.32 Å². The maximum Gasteiger partial charge on any atom is 0.251 e. The lowest BCUT2D eigenvalue weighted by Gasteiger charge is -2.35. The van der Waals surface area contributed by atoms with Gasteiger partial charge >= 0.3 is 0 Å². The Morgan fingerprint density at radius 1 is 1.00 bits per heavy atom. The van der Waals surface area contributed by atoms with E-state index in [1.807, 2.05) is 42.5 Å². The van der Waals surface area contributed by atoms with Crippen LogP contribution in [-0.2, 0) is 0 Å². The van der Waals surface area contributed by atoms with Crippen molar-refractivity contribution < 1.29 is 9.18 Å². The van der Waals surface area contributed by atoms with Crippen molar-refractivity contribution in [3.8, 4) is 0 Å². The summed E-state index contributed by atoms with van der Waals surface area (Å²) in [5, 5.41) is 3.15. The van der Waals surface area contributed by atoms with E-state index >= 15 is 0 Å². The van der Waals surface area contributed by atoms with E-state index in [0.29, 0.717) is 5.56 Å². The normalized spacial score (nSPS) is 24.0. The highest BCUT2D eigenvalue weighted by molar-refractivity contribution is 5.94. The lowest BCUT2D eigenvalue weighted by molar-refractivity contribution is 0.0880. The lowest BCUT2D eigenvalue weighted by atomic mass is 10.0. The molecule has 27 heavy (non-hydrogen) atoms. The SMILES string of the molecule is O=C(NC1CCN(C2CC(c3ccc(F)cc3)NN2)CC1)c1ccccc1. The van der Waals surface area contributed by atoms with Gasteiger partial charge in [0.15, 0.2) is 0 Å². The summed E-state index contributed by atoms with van der Waals surface area (Å²) >= 11 is 0. The van der Waals surface area contributed by atoms with Crippen molar-refractivity contribution in [3.63, 3.8) is 0 Å². The number of hydrazine groups is 1. The van der Waals surface area contributed by atoms with Gasteiger partial charge in [0.1, 0.15) is 5.82 Å². The molecule has 3 N–H and O–H groups in total.